The average Bonchev–Trinajstić information content (AvgIpc) is 3.08. The van der Waals surface area contributed by atoms with Crippen molar-refractivity contribution in [3.05, 3.63) is 63.9 Å². The molecule has 3 rings (SSSR count). The van der Waals surface area contributed by atoms with Crippen LogP contribution < -0.4 is 5.32 Å². The van der Waals surface area contributed by atoms with Crippen LogP contribution in [0.4, 0.5) is 5.13 Å². The lowest BCUT2D eigenvalue weighted by atomic mass is 9.87. The van der Waals surface area contributed by atoms with E-state index in [1.54, 1.807) is 0 Å². The van der Waals surface area contributed by atoms with Gasteiger partial charge in [0.15, 0.2) is 5.13 Å². The van der Waals surface area contributed by atoms with E-state index in [9.17, 15) is 4.79 Å². The summed E-state index contributed by atoms with van der Waals surface area (Å²) < 4.78 is 1.03. The van der Waals surface area contributed by atoms with Gasteiger partial charge in [-0.3, -0.25) is 4.79 Å². The third kappa shape index (κ3) is 5.67. The van der Waals surface area contributed by atoms with Crippen LogP contribution in [-0.4, -0.2) is 16.6 Å². The Morgan fingerprint density at radius 1 is 1.11 bits per heavy atom. The summed E-state index contributed by atoms with van der Waals surface area (Å²) >= 11 is 6.40. The number of carbonyl (C=O) groups is 1. The van der Waals surface area contributed by atoms with E-state index in [2.05, 4.69) is 71.3 Å². The number of hydrogen-bond donors (Lipinski definition) is 1. The fourth-order valence-electron chi connectivity index (χ4n) is 2.44. The lowest BCUT2D eigenvalue weighted by molar-refractivity contribution is -0.113. The van der Waals surface area contributed by atoms with E-state index in [4.69, 9.17) is 0 Å². The predicted octanol–water partition coefficient (Wildman–Crippen LogP) is 6.60. The normalized spacial score (nSPS) is 11.4. The molecule has 6 heteroatoms. The Bertz CT molecular complexity index is 913. The zero-order chi connectivity index (χ0) is 19.4. The molecule has 0 radical (unpaired) electrons. The van der Waals surface area contributed by atoms with Crippen molar-refractivity contribution in [2.45, 2.75) is 31.1 Å². The number of hydrogen-bond acceptors (Lipinski definition) is 4. The summed E-state index contributed by atoms with van der Waals surface area (Å²) in [6, 6.07) is 16.4. The summed E-state index contributed by atoms with van der Waals surface area (Å²) in [6.07, 6.45) is 0. The van der Waals surface area contributed by atoms with Gasteiger partial charge in [0.1, 0.15) is 0 Å². The number of anilines is 1. The van der Waals surface area contributed by atoms with Crippen molar-refractivity contribution in [2.24, 2.45) is 0 Å². The molecular weight excluding hydrogens is 440 g/mol. The van der Waals surface area contributed by atoms with Crippen LogP contribution in [0.25, 0.3) is 11.3 Å². The second-order valence-electron chi connectivity index (χ2n) is 7.16. The zero-order valence-electron chi connectivity index (χ0n) is 15.5. The molecule has 0 aliphatic heterocycles. The van der Waals surface area contributed by atoms with E-state index >= 15 is 0 Å². The summed E-state index contributed by atoms with van der Waals surface area (Å²) in [5.74, 6) is 0.318. The van der Waals surface area contributed by atoms with Gasteiger partial charge < -0.3 is 5.32 Å². The van der Waals surface area contributed by atoms with Crippen LogP contribution in [-0.2, 0) is 10.2 Å². The quantitative estimate of drug-likeness (QED) is 0.435. The minimum absolute atomic E-state index is 0.0448. The molecule has 1 aromatic heterocycles. The van der Waals surface area contributed by atoms with E-state index in [-0.39, 0.29) is 11.3 Å². The molecule has 140 valence electrons. The molecule has 1 amide bonds. The Balaban J connectivity index is 1.54. The number of thioether (sulfide) groups is 1. The van der Waals surface area contributed by atoms with Gasteiger partial charge in [0.25, 0.3) is 0 Å². The van der Waals surface area contributed by atoms with E-state index in [1.165, 1.54) is 28.7 Å². The van der Waals surface area contributed by atoms with Crippen LogP contribution in [0.2, 0.25) is 0 Å². The largest absolute Gasteiger partial charge is 0.301 e. The third-order valence-electron chi connectivity index (χ3n) is 3.98. The minimum atomic E-state index is -0.0448. The van der Waals surface area contributed by atoms with Crippen LogP contribution in [0.5, 0.6) is 0 Å². The van der Waals surface area contributed by atoms with Crippen molar-refractivity contribution in [1.82, 2.24) is 4.98 Å². The Hall–Kier alpha value is -1.63. The molecule has 2 aromatic carbocycles. The fourth-order valence-corrected chi connectivity index (χ4v) is 4.14. The molecule has 0 atom stereocenters. The molecule has 1 N–H and O–H groups in total. The number of carbonyl (C=O) groups excluding carboxylic acids is 1. The van der Waals surface area contributed by atoms with Crippen molar-refractivity contribution < 1.29 is 4.79 Å². The lowest BCUT2D eigenvalue weighted by Gasteiger charge is -2.19. The van der Waals surface area contributed by atoms with Gasteiger partial charge in [-0.2, -0.15) is 0 Å². The number of aromatic nitrogens is 1. The number of nitrogens with one attached hydrogen (secondary N) is 1. The second kappa shape index (κ2) is 8.59. The number of amides is 1. The first-order valence-corrected chi connectivity index (χ1v) is 11.2. The van der Waals surface area contributed by atoms with E-state index in [0.717, 1.165) is 20.6 Å². The SMILES string of the molecule is CC(C)(C)c1ccc(SCC(=O)Nc2nc(-c3ccc(Br)cc3)cs2)cc1. The number of benzene rings is 2. The van der Waals surface area contributed by atoms with Gasteiger partial charge in [-0.15, -0.1) is 23.1 Å². The van der Waals surface area contributed by atoms with E-state index < -0.39 is 0 Å². The van der Waals surface area contributed by atoms with Gasteiger partial charge in [0.05, 0.1) is 11.4 Å². The molecule has 3 nitrogen and oxygen atoms in total. The maximum atomic E-state index is 12.2. The van der Waals surface area contributed by atoms with Crippen molar-refractivity contribution in [2.75, 3.05) is 11.1 Å². The van der Waals surface area contributed by atoms with Crippen molar-refractivity contribution >= 4 is 50.1 Å². The topological polar surface area (TPSA) is 42.0 Å². The molecule has 1 heterocycles. The molecule has 0 aliphatic rings. The molecule has 0 saturated carbocycles. The highest BCUT2D eigenvalue weighted by Crippen LogP contribution is 2.27. The minimum Gasteiger partial charge on any atom is -0.301 e. The lowest BCUT2D eigenvalue weighted by Crippen LogP contribution is -2.14. The second-order valence-corrected chi connectivity index (χ2v) is 9.98. The molecule has 0 fully saturated rings. The molecule has 27 heavy (non-hydrogen) atoms. The molecule has 3 aromatic rings. The van der Waals surface area contributed by atoms with E-state index in [1.807, 2.05) is 29.6 Å². The fraction of sp³-hybridized carbons (Fsp3) is 0.238. The van der Waals surface area contributed by atoms with Crippen molar-refractivity contribution in [1.29, 1.82) is 0 Å². The summed E-state index contributed by atoms with van der Waals surface area (Å²) in [7, 11) is 0. The number of rotatable bonds is 5. The summed E-state index contributed by atoms with van der Waals surface area (Å²) in [4.78, 5) is 17.8. The van der Waals surface area contributed by atoms with Crippen LogP contribution in [0.15, 0.2) is 63.3 Å². The highest BCUT2D eigenvalue weighted by molar-refractivity contribution is 9.10. The smallest absolute Gasteiger partial charge is 0.236 e. The highest BCUT2D eigenvalue weighted by atomic mass is 79.9. The van der Waals surface area contributed by atoms with Crippen molar-refractivity contribution in [3.63, 3.8) is 0 Å². The molecule has 0 bridgehead atoms. The zero-order valence-corrected chi connectivity index (χ0v) is 18.7. The standard InChI is InChI=1S/C21H21BrN2OS2/c1-21(2,3)15-6-10-17(11-7-15)26-13-19(25)24-20-23-18(12-27-20)14-4-8-16(22)9-5-14/h4-12H,13H2,1-3H3,(H,23,24,25). The summed E-state index contributed by atoms with van der Waals surface area (Å²) in [5, 5.41) is 5.47. The Labute approximate surface area is 176 Å². The molecule has 0 spiro atoms. The maximum Gasteiger partial charge on any atom is 0.236 e. The van der Waals surface area contributed by atoms with Gasteiger partial charge in [-0.25, -0.2) is 4.98 Å². The van der Waals surface area contributed by atoms with Gasteiger partial charge >= 0.3 is 0 Å². The third-order valence-corrected chi connectivity index (χ3v) is 6.28. The highest BCUT2D eigenvalue weighted by Gasteiger charge is 2.13. The summed E-state index contributed by atoms with van der Waals surface area (Å²) in [5.41, 5.74) is 3.33. The molecule has 0 aliphatic carbocycles. The first kappa shape index (κ1) is 20.1. The first-order chi connectivity index (χ1) is 12.8. The Morgan fingerprint density at radius 3 is 2.41 bits per heavy atom. The predicted molar refractivity (Wildman–Crippen MR) is 120 cm³/mol. The van der Waals surface area contributed by atoms with Crippen molar-refractivity contribution in [3.8, 4) is 11.3 Å². The number of halogens is 1. The van der Waals surface area contributed by atoms with Crippen LogP contribution in [0, 0.1) is 0 Å². The molecule has 0 saturated heterocycles. The monoisotopic (exact) mass is 460 g/mol. The average molecular weight is 461 g/mol. The molecule has 0 unspecified atom stereocenters. The van der Waals surface area contributed by atoms with Gasteiger partial charge in [-0.1, -0.05) is 61.0 Å². The van der Waals surface area contributed by atoms with Crippen LogP contribution in [0.3, 0.4) is 0 Å². The van der Waals surface area contributed by atoms with Gasteiger partial charge in [-0.05, 0) is 35.2 Å². The van der Waals surface area contributed by atoms with Gasteiger partial charge in [0.2, 0.25) is 5.91 Å². The van der Waals surface area contributed by atoms with Gasteiger partial charge in [0, 0.05) is 20.3 Å². The summed E-state index contributed by atoms with van der Waals surface area (Å²) in [6.45, 7) is 6.58. The number of nitrogens with zero attached hydrogens (tertiary/aromatic N) is 1. The number of thiazole rings is 1. The van der Waals surface area contributed by atoms with Crippen LogP contribution in [0.1, 0.15) is 26.3 Å². The first-order valence-electron chi connectivity index (χ1n) is 8.56. The van der Waals surface area contributed by atoms with Crippen LogP contribution >= 0.6 is 39.0 Å². The molecular formula is C21H21BrN2OS2. The Kier molecular flexibility index (Phi) is 6.40. The Morgan fingerprint density at radius 2 is 1.78 bits per heavy atom. The van der Waals surface area contributed by atoms with E-state index in [0.29, 0.717) is 10.9 Å². The maximum absolute atomic E-state index is 12.2.